The van der Waals surface area contributed by atoms with Gasteiger partial charge in [0.1, 0.15) is 5.82 Å². The fourth-order valence-electron chi connectivity index (χ4n) is 3.14. The van der Waals surface area contributed by atoms with Crippen LogP contribution in [0.5, 0.6) is 0 Å². The lowest BCUT2D eigenvalue weighted by atomic mass is 10.0. The first-order valence-electron chi connectivity index (χ1n) is 8.48. The number of carbonyl (C=O) groups excluding carboxylic acids is 1. The Morgan fingerprint density at radius 3 is 2.68 bits per heavy atom. The van der Waals surface area contributed by atoms with E-state index in [1.807, 2.05) is 17.3 Å². The van der Waals surface area contributed by atoms with Crippen LogP contribution < -0.4 is 0 Å². The molecule has 5 heteroatoms. The summed E-state index contributed by atoms with van der Waals surface area (Å²) in [6.07, 6.45) is 8.42. The van der Waals surface area contributed by atoms with Crippen LogP contribution in [0.4, 0.5) is 0 Å². The van der Waals surface area contributed by atoms with Gasteiger partial charge in [-0.25, -0.2) is 4.98 Å². The minimum absolute atomic E-state index is 0.274. The third-order valence-corrected chi connectivity index (χ3v) is 4.92. The number of hydrogen-bond acceptors (Lipinski definition) is 3. The van der Waals surface area contributed by atoms with Crippen LogP contribution in [0.1, 0.15) is 51.4 Å². The fourth-order valence-corrected chi connectivity index (χ4v) is 3.14. The number of carbonyl (C=O) groups is 1. The molecule has 0 aromatic carbocycles. The molecule has 1 aromatic heterocycles. The number of rotatable bonds is 6. The van der Waals surface area contributed by atoms with Crippen molar-refractivity contribution < 1.29 is 4.79 Å². The van der Waals surface area contributed by atoms with E-state index in [-0.39, 0.29) is 5.91 Å². The van der Waals surface area contributed by atoms with E-state index in [0.717, 1.165) is 44.6 Å². The molecule has 0 bridgehead atoms. The van der Waals surface area contributed by atoms with Crippen molar-refractivity contribution in [3.05, 3.63) is 18.2 Å². The van der Waals surface area contributed by atoms with E-state index in [2.05, 4.69) is 42.4 Å². The number of piperidine rings is 1. The zero-order chi connectivity index (χ0) is 16.1. The van der Waals surface area contributed by atoms with Gasteiger partial charge >= 0.3 is 0 Å². The average molecular weight is 306 g/mol. The smallest absolute Gasteiger partial charge is 0.223 e. The van der Waals surface area contributed by atoms with Crippen LogP contribution in [0.15, 0.2) is 12.4 Å². The van der Waals surface area contributed by atoms with Gasteiger partial charge in [-0.15, -0.1) is 0 Å². The van der Waals surface area contributed by atoms with Gasteiger partial charge in [0.25, 0.3) is 0 Å². The summed E-state index contributed by atoms with van der Waals surface area (Å²) >= 11 is 0. The fraction of sp³-hybridized carbons (Fsp3) is 0.765. The van der Waals surface area contributed by atoms with E-state index >= 15 is 0 Å². The SMILES string of the molecule is CCC(C)n1ccnc1CCC(=O)N1CCC(N(C)C)CC1. The maximum atomic E-state index is 12.4. The molecule has 1 unspecified atom stereocenters. The topological polar surface area (TPSA) is 41.4 Å². The number of hydrogen-bond donors (Lipinski definition) is 0. The summed E-state index contributed by atoms with van der Waals surface area (Å²) in [4.78, 5) is 21.1. The highest BCUT2D eigenvalue weighted by molar-refractivity contribution is 5.76. The lowest BCUT2D eigenvalue weighted by molar-refractivity contribution is -0.132. The van der Waals surface area contributed by atoms with Crippen molar-refractivity contribution in [2.45, 2.75) is 58.0 Å². The van der Waals surface area contributed by atoms with Gasteiger partial charge in [-0.3, -0.25) is 4.79 Å². The molecule has 0 saturated carbocycles. The van der Waals surface area contributed by atoms with Crippen molar-refractivity contribution in [1.82, 2.24) is 19.4 Å². The highest BCUT2D eigenvalue weighted by atomic mass is 16.2. The van der Waals surface area contributed by atoms with Crippen molar-refractivity contribution in [3.63, 3.8) is 0 Å². The monoisotopic (exact) mass is 306 g/mol. The molecule has 124 valence electrons. The molecule has 0 spiro atoms. The second-order valence-corrected chi connectivity index (χ2v) is 6.58. The standard InChI is InChI=1S/C17H30N4O/c1-5-14(2)21-13-10-18-16(21)6-7-17(22)20-11-8-15(9-12-20)19(3)4/h10,13-15H,5-9,11-12H2,1-4H3. The Labute approximate surface area is 134 Å². The zero-order valence-corrected chi connectivity index (χ0v) is 14.5. The van der Waals surface area contributed by atoms with Crippen molar-refractivity contribution in [2.75, 3.05) is 27.2 Å². The number of aryl methyl sites for hydroxylation is 1. The van der Waals surface area contributed by atoms with E-state index in [9.17, 15) is 4.79 Å². The number of likely N-dealkylation sites (tertiary alicyclic amines) is 1. The van der Waals surface area contributed by atoms with Gasteiger partial charge in [0, 0.05) is 50.4 Å². The summed E-state index contributed by atoms with van der Waals surface area (Å²) in [5.74, 6) is 1.31. The van der Waals surface area contributed by atoms with Gasteiger partial charge in [0.15, 0.2) is 0 Å². The van der Waals surface area contributed by atoms with Gasteiger partial charge in [-0.05, 0) is 40.3 Å². The van der Waals surface area contributed by atoms with Crippen LogP contribution in [0.25, 0.3) is 0 Å². The number of imidazole rings is 1. The Morgan fingerprint density at radius 2 is 2.09 bits per heavy atom. The second-order valence-electron chi connectivity index (χ2n) is 6.58. The molecule has 2 heterocycles. The van der Waals surface area contributed by atoms with Crippen molar-refractivity contribution in [3.8, 4) is 0 Å². The Kier molecular flexibility index (Phi) is 6.00. The van der Waals surface area contributed by atoms with Crippen LogP contribution in [0.3, 0.4) is 0 Å². The molecule has 2 rings (SSSR count). The van der Waals surface area contributed by atoms with Crippen molar-refractivity contribution in [1.29, 1.82) is 0 Å². The van der Waals surface area contributed by atoms with E-state index in [4.69, 9.17) is 0 Å². The van der Waals surface area contributed by atoms with Gasteiger partial charge in [-0.1, -0.05) is 6.92 Å². The third kappa shape index (κ3) is 4.09. The summed E-state index contributed by atoms with van der Waals surface area (Å²) in [5, 5.41) is 0. The Balaban J connectivity index is 1.83. The molecular weight excluding hydrogens is 276 g/mol. The third-order valence-electron chi connectivity index (χ3n) is 4.92. The van der Waals surface area contributed by atoms with Crippen LogP contribution in [-0.4, -0.2) is 58.5 Å². The molecule has 1 saturated heterocycles. The summed E-state index contributed by atoms with van der Waals surface area (Å²) < 4.78 is 2.20. The molecule has 5 nitrogen and oxygen atoms in total. The summed E-state index contributed by atoms with van der Waals surface area (Å²) in [5.41, 5.74) is 0. The van der Waals surface area contributed by atoms with E-state index < -0.39 is 0 Å². The maximum absolute atomic E-state index is 12.4. The lowest BCUT2D eigenvalue weighted by Gasteiger charge is -2.35. The minimum atomic E-state index is 0.274. The van der Waals surface area contributed by atoms with Gasteiger partial charge in [0.2, 0.25) is 5.91 Å². The molecule has 1 aliphatic heterocycles. The van der Waals surface area contributed by atoms with Crippen LogP contribution in [0, 0.1) is 0 Å². The molecule has 0 N–H and O–H groups in total. The van der Waals surface area contributed by atoms with Crippen molar-refractivity contribution in [2.24, 2.45) is 0 Å². The predicted molar refractivity (Wildman–Crippen MR) is 88.8 cm³/mol. The molecular formula is C17H30N4O. The highest BCUT2D eigenvalue weighted by Gasteiger charge is 2.23. The second kappa shape index (κ2) is 7.77. The van der Waals surface area contributed by atoms with Crippen LogP contribution in [0.2, 0.25) is 0 Å². The van der Waals surface area contributed by atoms with Gasteiger partial charge in [0.05, 0.1) is 0 Å². The molecule has 1 aliphatic rings. The van der Waals surface area contributed by atoms with Gasteiger partial charge < -0.3 is 14.4 Å². The first-order valence-corrected chi connectivity index (χ1v) is 8.48. The van der Waals surface area contributed by atoms with E-state index in [1.54, 1.807) is 0 Å². The lowest BCUT2D eigenvalue weighted by Crippen LogP contribution is -2.44. The van der Waals surface area contributed by atoms with Crippen LogP contribution >= 0.6 is 0 Å². The van der Waals surface area contributed by atoms with Crippen molar-refractivity contribution >= 4 is 5.91 Å². The summed E-state index contributed by atoms with van der Waals surface area (Å²) in [7, 11) is 4.24. The molecule has 0 radical (unpaired) electrons. The molecule has 1 aromatic rings. The Hall–Kier alpha value is -1.36. The average Bonchev–Trinajstić information content (AvgIpc) is 3.00. The molecule has 1 atom stereocenters. The zero-order valence-electron chi connectivity index (χ0n) is 14.5. The summed E-state index contributed by atoms with van der Waals surface area (Å²) in [6, 6.07) is 1.07. The van der Waals surface area contributed by atoms with Crippen LogP contribution in [-0.2, 0) is 11.2 Å². The van der Waals surface area contributed by atoms with Gasteiger partial charge in [-0.2, -0.15) is 0 Å². The molecule has 0 aliphatic carbocycles. The Morgan fingerprint density at radius 1 is 1.41 bits per heavy atom. The number of aromatic nitrogens is 2. The Bertz CT molecular complexity index is 475. The molecule has 1 fully saturated rings. The molecule has 1 amide bonds. The first kappa shape index (κ1) is 17.0. The first-order chi connectivity index (χ1) is 10.5. The van der Waals surface area contributed by atoms with E-state index in [0.29, 0.717) is 18.5 Å². The number of nitrogens with zero attached hydrogens (tertiary/aromatic N) is 4. The normalized spacial score (nSPS) is 18.0. The predicted octanol–water partition coefficient (Wildman–Crippen LogP) is 2.34. The highest BCUT2D eigenvalue weighted by Crippen LogP contribution is 2.17. The number of amides is 1. The van der Waals surface area contributed by atoms with E-state index in [1.165, 1.54) is 0 Å². The quantitative estimate of drug-likeness (QED) is 0.810. The maximum Gasteiger partial charge on any atom is 0.223 e. The minimum Gasteiger partial charge on any atom is -0.343 e. The summed E-state index contributed by atoms with van der Waals surface area (Å²) in [6.45, 7) is 6.15. The largest absolute Gasteiger partial charge is 0.343 e. The molecule has 22 heavy (non-hydrogen) atoms.